The molecule has 2 atom stereocenters. The van der Waals surface area contributed by atoms with Gasteiger partial charge in [-0.2, -0.15) is 0 Å². The maximum atomic E-state index is 5.69. The van der Waals surface area contributed by atoms with Gasteiger partial charge in [-0.05, 0) is 26.7 Å². The minimum atomic E-state index is -0.224. The van der Waals surface area contributed by atoms with Crippen LogP contribution in [0.1, 0.15) is 38.6 Å². The fourth-order valence-electron chi connectivity index (χ4n) is 1.91. The molecular formula is C11H20N4O2. The highest BCUT2D eigenvalue weighted by atomic mass is 16.5. The van der Waals surface area contributed by atoms with Crippen LogP contribution in [0.4, 0.5) is 6.01 Å². The highest BCUT2D eigenvalue weighted by Gasteiger charge is 2.22. The molecule has 1 aromatic heterocycles. The summed E-state index contributed by atoms with van der Waals surface area (Å²) < 4.78 is 11.1. The predicted molar refractivity (Wildman–Crippen MR) is 63.8 cm³/mol. The summed E-state index contributed by atoms with van der Waals surface area (Å²) in [4.78, 5) is 2.04. The summed E-state index contributed by atoms with van der Waals surface area (Å²) in [6.07, 6.45) is 2.52. The molecule has 1 aliphatic heterocycles. The third kappa shape index (κ3) is 2.95. The van der Waals surface area contributed by atoms with E-state index in [4.69, 9.17) is 14.9 Å². The third-order valence-corrected chi connectivity index (χ3v) is 2.92. The van der Waals surface area contributed by atoms with Crippen molar-refractivity contribution in [2.24, 2.45) is 5.73 Å². The van der Waals surface area contributed by atoms with Gasteiger partial charge in [0.25, 0.3) is 0 Å². The van der Waals surface area contributed by atoms with Crippen LogP contribution in [-0.2, 0) is 4.74 Å². The summed E-state index contributed by atoms with van der Waals surface area (Å²) >= 11 is 0. The Morgan fingerprint density at radius 2 is 2.35 bits per heavy atom. The van der Waals surface area contributed by atoms with Crippen LogP contribution < -0.4 is 10.6 Å². The van der Waals surface area contributed by atoms with Gasteiger partial charge in [-0.25, -0.2) is 0 Å². The van der Waals surface area contributed by atoms with Crippen molar-refractivity contribution in [2.45, 2.75) is 38.8 Å². The molecule has 96 valence electrons. The van der Waals surface area contributed by atoms with Gasteiger partial charge in [-0.15, -0.1) is 5.10 Å². The lowest BCUT2D eigenvalue weighted by Crippen LogP contribution is -2.32. The van der Waals surface area contributed by atoms with Crippen molar-refractivity contribution in [2.75, 3.05) is 24.6 Å². The van der Waals surface area contributed by atoms with E-state index in [2.05, 4.69) is 17.1 Å². The predicted octanol–water partition coefficient (Wildman–Crippen LogP) is 1.09. The Kier molecular flexibility index (Phi) is 3.96. The monoisotopic (exact) mass is 240 g/mol. The molecule has 1 fully saturated rings. The van der Waals surface area contributed by atoms with Gasteiger partial charge in [0.1, 0.15) is 0 Å². The molecule has 0 spiro atoms. The van der Waals surface area contributed by atoms with Crippen molar-refractivity contribution in [1.82, 2.24) is 10.2 Å². The summed E-state index contributed by atoms with van der Waals surface area (Å²) in [5.74, 6) is 0.478. The molecule has 6 nitrogen and oxygen atoms in total. The Morgan fingerprint density at radius 1 is 1.53 bits per heavy atom. The molecule has 0 aliphatic carbocycles. The normalized spacial score (nSPS) is 21.7. The van der Waals surface area contributed by atoms with Crippen LogP contribution in [0.3, 0.4) is 0 Å². The van der Waals surface area contributed by atoms with E-state index < -0.39 is 0 Å². The summed E-state index contributed by atoms with van der Waals surface area (Å²) in [5, 5.41) is 7.96. The lowest BCUT2D eigenvalue weighted by atomic mass is 10.2. The van der Waals surface area contributed by atoms with Gasteiger partial charge in [-0.1, -0.05) is 5.10 Å². The topological polar surface area (TPSA) is 77.4 Å². The Labute approximate surface area is 101 Å². The van der Waals surface area contributed by atoms with Gasteiger partial charge in [0.2, 0.25) is 5.89 Å². The van der Waals surface area contributed by atoms with E-state index in [1.165, 1.54) is 0 Å². The average Bonchev–Trinajstić information content (AvgIpc) is 2.96. The minimum Gasteiger partial charge on any atom is -0.406 e. The molecular weight excluding hydrogens is 220 g/mol. The highest BCUT2D eigenvalue weighted by molar-refractivity contribution is 5.24. The molecule has 0 radical (unpaired) electrons. The molecule has 2 heterocycles. The van der Waals surface area contributed by atoms with Gasteiger partial charge < -0.3 is 19.8 Å². The first-order valence-electron chi connectivity index (χ1n) is 6.16. The van der Waals surface area contributed by atoms with Crippen LogP contribution in [0, 0.1) is 0 Å². The largest absolute Gasteiger partial charge is 0.406 e. The third-order valence-electron chi connectivity index (χ3n) is 2.92. The van der Waals surface area contributed by atoms with Crippen LogP contribution in [0.5, 0.6) is 0 Å². The number of likely N-dealkylation sites (N-methyl/N-ethyl adjacent to an activating group) is 1. The molecule has 2 rings (SSSR count). The molecule has 17 heavy (non-hydrogen) atoms. The van der Waals surface area contributed by atoms with Crippen LogP contribution in [0.2, 0.25) is 0 Å². The molecule has 1 aliphatic rings. The first-order chi connectivity index (χ1) is 8.20. The Morgan fingerprint density at radius 3 is 2.88 bits per heavy atom. The average molecular weight is 240 g/mol. The van der Waals surface area contributed by atoms with E-state index in [-0.39, 0.29) is 12.1 Å². The first-order valence-corrected chi connectivity index (χ1v) is 6.16. The van der Waals surface area contributed by atoms with Crippen molar-refractivity contribution in [3.8, 4) is 0 Å². The Hall–Kier alpha value is -1.14. The maximum Gasteiger partial charge on any atom is 0.318 e. The maximum absolute atomic E-state index is 5.69. The van der Waals surface area contributed by atoms with E-state index >= 15 is 0 Å². The van der Waals surface area contributed by atoms with E-state index in [0.29, 0.717) is 11.9 Å². The van der Waals surface area contributed by atoms with Crippen molar-refractivity contribution in [3.63, 3.8) is 0 Å². The summed E-state index contributed by atoms with van der Waals surface area (Å²) in [6.45, 7) is 6.37. The number of nitrogens with zero attached hydrogens (tertiary/aromatic N) is 3. The molecule has 0 amide bonds. The summed E-state index contributed by atoms with van der Waals surface area (Å²) in [7, 11) is 0. The SMILES string of the molecule is CCN(CC1CCCO1)c1nnc(C(C)N)o1. The Balaban J connectivity index is 2.00. The Bertz CT molecular complexity index is 347. The quantitative estimate of drug-likeness (QED) is 0.830. The number of rotatable bonds is 5. The van der Waals surface area contributed by atoms with Crippen molar-refractivity contribution in [3.05, 3.63) is 5.89 Å². The molecule has 2 unspecified atom stereocenters. The van der Waals surface area contributed by atoms with Crippen LogP contribution in [0.15, 0.2) is 4.42 Å². The highest BCUT2D eigenvalue weighted by Crippen LogP contribution is 2.19. The lowest BCUT2D eigenvalue weighted by Gasteiger charge is -2.21. The minimum absolute atomic E-state index is 0.224. The van der Waals surface area contributed by atoms with Crippen LogP contribution >= 0.6 is 0 Å². The van der Waals surface area contributed by atoms with Gasteiger partial charge in [-0.3, -0.25) is 0 Å². The number of anilines is 1. The van der Waals surface area contributed by atoms with Crippen LogP contribution in [0.25, 0.3) is 0 Å². The standard InChI is InChI=1S/C11H20N4O2/c1-3-15(7-9-5-4-6-16-9)11-14-13-10(17-11)8(2)12/h8-9H,3-7,12H2,1-2H3. The number of nitrogens with two attached hydrogens (primary N) is 1. The molecule has 0 saturated carbocycles. The summed E-state index contributed by atoms with van der Waals surface area (Å²) in [5.41, 5.74) is 5.69. The molecule has 0 bridgehead atoms. The fourth-order valence-corrected chi connectivity index (χ4v) is 1.91. The molecule has 2 N–H and O–H groups in total. The second-order valence-electron chi connectivity index (χ2n) is 4.39. The number of aromatic nitrogens is 2. The number of hydrogen-bond donors (Lipinski definition) is 1. The molecule has 1 saturated heterocycles. The van der Waals surface area contributed by atoms with Gasteiger partial charge in [0.05, 0.1) is 12.1 Å². The van der Waals surface area contributed by atoms with Gasteiger partial charge in [0, 0.05) is 19.7 Å². The zero-order valence-electron chi connectivity index (χ0n) is 10.4. The van der Waals surface area contributed by atoms with Crippen LogP contribution in [-0.4, -0.2) is 36.0 Å². The lowest BCUT2D eigenvalue weighted by molar-refractivity contribution is 0.115. The first kappa shape index (κ1) is 12.3. The van der Waals surface area contributed by atoms with E-state index in [1.807, 2.05) is 11.8 Å². The van der Waals surface area contributed by atoms with Crippen molar-refractivity contribution >= 4 is 6.01 Å². The second-order valence-corrected chi connectivity index (χ2v) is 4.39. The molecule has 0 aromatic carbocycles. The molecule has 1 aromatic rings. The zero-order valence-corrected chi connectivity index (χ0v) is 10.4. The van der Waals surface area contributed by atoms with E-state index in [1.54, 1.807) is 0 Å². The zero-order chi connectivity index (χ0) is 12.3. The summed E-state index contributed by atoms with van der Waals surface area (Å²) in [6, 6.07) is 0.313. The van der Waals surface area contributed by atoms with Gasteiger partial charge >= 0.3 is 6.01 Å². The van der Waals surface area contributed by atoms with E-state index in [0.717, 1.165) is 32.5 Å². The molecule has 6 heteroatoms. The van der Waals surface area contributed by atoms with Crippen molar-refractivity contribution < 1.29 is 9.15 Å². The second kappa shape index (κ2) is 5.46. The van der Waals surface area contributed by atoms with Crippen molar-refractivity contribution in [1.29, 1.82) is 0 Å². The van der Waals surface area contributed by atoms with E-state index in [9.17, 15) is 0 Å². The number of ether oxygens (including phenoxy) is 1. The fraction of sp³-hybridized carbons (Fsp3) is 0.818. The smallest absolute Gasteiger partial charge is 0.318 e. The van der Waals surface area contributed by atoms with Gasteiger partial charge in [0.15, 0.2) is 0 Å². The number of hydrogen-bond acceptors (Lipinski definition) is 6.